The molecule has 3 aliphatic rings. The summed E-state index contributed by atoms with van der Waals surface area (Å²) in [6.45, 7) is 0.509. The smallest absolute Gasteiger partial charge is 0.260 e. The fourth-order valence-corrected chi connectivity index (χ4v) is 3.85. The number of carbonyl (C=O) groups is 3. The van der Waals surface area contributed by atoms with Crippen LogP contribution in [0, 0.1) is 0 Å². The number of nitrogens with zero attached hydrogens (tertiary/aromatic N) is 3. The predicted molar refractivity (Wildman–Crippen MR) is 81.2 cm³/mol. The first kappa shape index (κ1) is 16.2. The molecule has 0 radical (unpaired) electrons. The maximum atomic E-state index is 14.5. The van der Waals surface area contributed by atoms with Gasteiger partial charge in [-0.05, 0) is 32.1 Å². The highest BCUT2D eigenvalue weighted by Crippen LogP contribution is 2.41. The van der Waals surface area contributed by atoms with Crippen molar-refractivity contribution >= 4 is 17.7 Å². The summed E-state index contributed by atoms with van der Waals surface area (Å²) in [5, 5.41) is 0. The van der Waals surface area contributed by atoms with Crippen LogP contribution in [0.5, 0.6) is 0 Å². The van der Waals surface area contributed by atoms with E-state index in [2.05, 4.69) is 0 Å². The highest BCUT2D eigenvalue weighted by Gasteiger charge is 2.53. The number of carbonyl (C=O) groups excluding carboxylic acids is 3. The maximum Gasteiger partial charge on any atom is 0.260 e. The topological polar surface area (TPSA) is 60.9 Å². The first-order valence-electron chi connectivity index (χ1n) is 8.33. The molecule has 1 aliphatic carbocycles. The van der Waals surface area contributed by atoms with E-state index in [9.17, 15) is 18.8 Å². The van der Waals surface area contributed by atoms with Crippen molar-refractivity contribution in [3.8, 4) is 0 Å². The highest BCUT2D eigenvalue weighted by molar-refractivity contribution is 5.88. The largest absolute Gasteiger partial charge is 0.347 e. The van der Waals surface area contributed by atoms with Gasteiger partial charge in [0.1, 0.15) is 6.54 Å². The normalized spacial score (nSPS) is 29.1. The fourth-order valence-electron chi connectivity index (χ4n) is 3.85. The zero-order chi connectivity index (χ0) is 16.8. The molecule has 0 N–H and O–H groups in total. The van der Waals surface area contributed by atoms with E-state index in [1.807, 2.05) is 0 Å². The zero-order valence-electron chi connectivity index (χ0n) is 13.8. The van der Waals surface area contributed by atoms with Crippen molar-refractivity contribution in [1.29, 1.82) is 0 Å². The third-order valence-electron chi connectivity index (χ3n) is 5.48. The van der Waals surface area contributed by atoms with Crippen LogP contribution in [0.3, 0.4) is 0 Å². The molecule has 1 saturated carbocycles. The summed E-state index contributed by atoms with van der Waals surface area (Å²) in [4.78, 5) is 41.4. The summed E-state index contributed by atoms with van der Waals surface area (Å²) in [5.41, 5.74) is -1.69. The molecule has 0 aromatic carbocycles. The van der Waals surface area contributed by atoms with Gasteiger partial charge < -0.3 is 14.7 Å². The van der Waals surface area contributed by atoms with Gasteiger partial charge in [-0.25, -0.2) is 4.39 Å². The monoisotopic (exact) mass is 325 g/mol. The molecule has 0 aromatic rings. The van der Waals surface area contributed by atoms with Crippen LogP contribution in [-0.2, 0) is 14.4 Å². The Morgan fingerprint density at radius 3 is 2.52 bits per heavy atom. The molecule has 3 rings (SSSR count). The fraction of sp³-hybridized carbons (Fsp3) is 0.812. The summed E-state index contributed by atoms with van der Waals surface area (Å²) in [6.07, 6.45) is 2.87. The van der Waals surface area contributed by atoms with Gasteiger partial charge >= 0.3 is 0 Å². The lowest BCUT2D eigenvalue weighted by atomic mass is 9.80. The third kappa shape index (κ3) is 2.70. The summed E-state index contributed by atoms with van der Waals surface area (Å²) >= 11 is 0. The number of hydrogen-bond donors (Lipinski definition) is 0. The second kappa shape index (κ2) is 5.76. The highest BCUT2D eigenvalue weighted by atomic mass is 19.1. The summed E-state index contributed by atoms with van der Waals surface area (Å²) < 4.78 is 14.5. The Morgan fingerprint density at radius 1 is 1.26 bits per heavy atom. The summed E-state index contributed by atoms with van der Waals surface area (Å²) in [5.74, 6) is -0.594. The second-order valence-corrected chi connectivity index (χ2v) is 7.09. The molecule has 6 nitrogen and oxygen atoms in total. The van der Waals surface area contributed by atoms with E-state index in [1.165, 1.54) is 4.90 Å². The molecule has 7 heteroatoms. The number of alkyl halides is 1. The van der Waals surface area contributed by atoms with Crippen molar-refractivity contribution < 1.29 is 18.8 Å². The average molecular weight is 325 g/mol. The van der Waals surface area contributed by atoms with Gasteiger partial charge in [0.25, 0.3) is 5.91 Å². The van der Waals surface area contributed by atoms with Crippen LogP contribution >= 0.6 is 0 Å². The molecule has 2 atom stereocenters. The van der Waals surface area contributed by atoms with E-state index in [4.69, 9.17) is 0 Å². The Hall–Kier alpha value is -1.66. The molecule has 0 spiro atoms. The quantitative estimate of drug-likeness (QED) is 0.762. The third-order valence-corrected chi connectivity index (χ3v) is 5.48. The van der Waals surface area contributed by atoms with E-state index >= 15 is 0 Å². The Labute approximate surface area is 135 Å². The predicted octanol–water partition coefficient (Wildman–Crippen LogP) is 0.559. The number of fused-ring (bicyclic) bond motifs is 1. The van der Waals surface area contributed by atoms with Crippen LogP contribution in [0.4, 0.5) is 4.39 Å². The van der Waals surface area contributed by atoms with Gasteiger partial charge in [0.05, 0.1) is 12.1 Å². The SMILES string of the molecule is CN(C)C(=O)CN1C(=O)CC[C@@H]2[C@H]1CCN2C(=O)C1(F)CCC1. The van der Waals surface area contributed by atoms with Crippen molar-refractivity contribution in [1.82, 2.24) is 14.7 Å². The molecule has 128 valence electrons. The van der Waals surface area contributed by atoms with Gasteiger partial charge in [0.2, 0.25) is 11.8 Å². The Balaban J connectivity index is 1.73. The van der Waals surface area contributed by atoms with Gasteiger partial charge in [-0.3, -0.25) is 14.4 Å². The van der Waals surface area contributed by atoms with Crippen molar-refractivity contribution in [3.63, 3.8) is 0 Å². The second-order valence-electron chi connectivity index (χ2n) is 7.09. The number of rotatable bonds is 3. The Kier molecular flexibility index (Phi) is 4.06. The van der Waals surface area contributed by atoms with Crippen LogP contribution < -0.4 is 0 Å². The minimum Gasteiger partial charge on any atom is -0.347 e. The average Bonchev–Trinajstić information content (AvgIpc) is 2.90. The van der Waals surface area contributed by atoms with Crippen LogP contribution in [0.25, 0.3) is 0 Å². The van der Waals surface area contributed by atoms with Gasteiger partial charge in [0.15, 0.2) is 5.67 Å². The van der Waals surface area contributed by atoms with Crippen molar-refractivity contribution in [2.45, 2.75) is 56.3 Å². The standard InChI is InChI=1S/C16H24FN3O3/c1-18(2)14(22)10-20-12-6-9-19(11(12)4-5-13(20)21)15(23)16(17)7-3-8-16/h11-12H,3-10H2,1-2H3/t11-,12-/m1/s1. The number of piperidine rings is 1. The van der Waals surface area contributed by atoms with Gasteiger partial charge in [-0.2, -0.15) is 0 Å². The van der Waals surface area contributed by atoms with Gasteiger partial charge in [0, 0.05) is 27.1 Å². The molecule has 23 heavy (non-hydrogen) atoms. The van der Waals surface area contributed by atoms with E-state index in [-0.39, 0.29) is 30.4 Å². The van der Waals surface area contributed by atoms with Crippen molar-refractivity contribution in [2.75, 3.05) is 27.2 Å². The number of likely N-dealkylation sites (tertiary alicyclic amines) is 2. The first-order chi connectivity index (χ1) is 10.8. The number of amides is 3. The van der Waals surface area contributed by atoms with E-state index in [0.29, 0.717) is 38.6 Å². The maximum absolute atomic E-state index is 14.5. The van der Waals surface area contributed by atoms with Crippen LogP contribution in [0.1, 0.15) is 38.5 Å². The summed E-state index contributed by atoms with van der Waals surface area (Å²) in [6, 6.07) is -0.309. The van der Waals surface area contributed by atoms with Crippen LogP contribution in [0.2, 0.25) is 0 Å². The van der Waals surface area contributed by atoms with Crippen molar-refractivity contribution in [2.24, 2.45) is 0 Å². The molecule has 2 saturated heterocycles. The number of hydrogen-bond acceptors (Lipinski definition) is 3. The van der Waals surface area contributed by atoms with Crippen LogP contribution in [-0.4, -0.2) is 77.4 Å². The zero-order valence-corrected chi connectivity index (χ0v) is 13.8. The molecule has 2 heterocycles. The number of likely N-dealkylation sites (N-methyl/N-ethyl adjacent to an activating group) is 1. The molecular weight excluding hydrogens is 301 g/mol. The van der Waals surface area contributed by atoms with Crippen LogP contribution in [0.15, 0.2) is 0 Å². The Bertz CT molecular complexity index is 533. The number of halogens is 1. The minimum atomic E-state index is -1.69. The molecule has 0 aromatic heterocycles. The molecule has 0 bridgehead atoms. The van der Waals surface area contributed by atoms with E-state index < -0.39 is 11.6 Å². The summed E-state index contributed by atoms with van der Waals surface area (Å²) in [7, 11) is 3.31. The molecular formula is C16H24FN3O3. The lowest BCUT2D eigenvalue weighted by Crippen LogP contribution is -2.58. The van der Waals surface area contributed by atoms with Crippen molar-refractivity contribution in [3.05, 3.63) is 0 Å². The van der Waals surface area contributed by atoms with Gasteiger partial charge in [-0.1, -0.05) is 0 Å². The molecule has 3 fully saturated rings. The molecule has 2 aliphatic heterocycles. The lowest BCUT2D eigenvalue weighted by molar-refractivity contribution is -0.154. The molecule has 0 unspecified atom stereocenters. The minimum absolute atomic E-state index is 0.0375. The Morgan fingerprint density at radius 2 is 1.96 bits per heavy atom. The van der Waals surface area contributed by atoms with Gasteiger partial charge in [-0.15, -0.1) is 0 Å². The first-order valence-corrected chi connectivity index (χ1v) is 8.33. The van der Waals surface area contributed by atoms with E-state index in [0.717, 1.165) is 6.42 Å². The van der Waals surface area contributed by atoms with E-state index in [1.54, 1.807) is 23.9 Å². The lowest BCUT2D eigenvalue weighted by Gasteiger charge is -2.42. The molecule has 3 amide bonds.